The zero-order valence-electron chi connectivity index (χ0n) is 11.2. The molecule has 1 amide bonds. The van der Waals surface area contributed by atoms with Crippen LogP contribution in [0.4, 0.5) is 5.69 Å². The number of amides is 1. The second-order valence-corrected chi connectivity index (χ2v) is 5.73. The fraction of sp³-hybridized carbons (Fsp3) is 0.500. The van der Waals surface area contributed by atoms with Gasteiger partial charge >= 0.3 is 0 Å². The molecule has 8 heteroatoms. The molecule has 1 saturated heterocycles. The summed E-state index contributed by atoms with van der Waals surface area (Å²) < 4.78 is 0. The standard InChI is InChI=1S/C12H16N4O3S/c1-14-4-6-15(7-5-14)12(17)9-20-11-3-2-10(8-13-11)16(18)19/h2-3,8H,4-7,9H2,1H3/p+1. The van der Waals surface area contributed by atoms with Gasteiger partial charge in [0, 0.05) is 6.07 Å². The summed E-state index contributed by atoms with van der Waals surface area (Å²) in [7, 11) is 2.12. The Kier molecular flexibility index (Phi) is 4.91. The van der Waals surface area contributed by atoms with E-state index in [0.29, 0.717) is 10.8 Å². The maximum absolute atomic E-state index is 12.0. The Morgan fingerprint density at radius 1 is 1.50 bits per heavy atom. The average Bonchev–Trinajstić information content (AvgIpc) is 2.46. The molecule has 108 valence electrons. The second-order valence-electron chi connectivity index (χ2n) is 4.74. The van der Waals surface area contributed by atoms with Crippen molar-refractivity contribution in [3.05, 3.63) is 28.4 Å². The normalized spacial score (nSPS) is 16.1. The summed E-state index contributed by atoms with van der Waals surface area (Å²) in [5.41, 5.74) is -0.0391. The molecule has 20 heavy (non-hydrogen) atoms. The predicted molar refractivity (Wildman–Crippen MR) is 74.8 cm³/mol. The third-order valence-electron chi connectivity index (χ3n) is 3.24. The molecule has 7 nitrogen and oxygen atoms in total. The van der Waals surface area contributed by atoms with Crippen LogP contribution in [0.1, 0.15) is 0 Å². The number of carbonyl (C=O) groups excluding carboxylic acids is 1. The van der Waals surface area contributed by atoms with Gasteiger partial charge in [0.05, 0.1) is 48.9 Å². The molecule has 1 aromatic heterocycles. The van der Waals surface area contributed by atoms with Gasteiger partial charge in [-0.15, -0.1) is 0 Å². The lowest BCUT2D eigenvalue weighted by molar-refractivity contribution is -0.883. The van der Waals surface area contributed by atoms with Crippen LogP contribution in [0.3, 0.4) is 0 Å². The van der Waals surface area contributed by atoms with Crippen molar-refractivity contribution in [2.45, 2.75) is 5.03 Å². The Bertz CT molecular complexity index is 486. The molecule has 0 aliphatic carbocycles. The highest BCUT2D eigenvalue weighted by atomic mass is 32.2. The van der Waals surface area contributed by atoms with Crippen molar-refractivity contribution in [3.63, 3.8) is 0 Å². The summed E-state index contributed by atoms with van der Waals surface area (Å²) in [5, 5.41) is 11.1. The van der Waals surface area contributed by atoms with Gasteiger partial charge in [-0.1, -0.05) is 11.8 Å². The average molecular weight is 297 g/mol. The van der Waals surface area contributed by atoms with E-state index in [-0.39, 0.29) is 11.6 Å². The monoisotopic (exact) mass is 297 g/mol. The number of nitrogens with one attached hydrogen (secondary N) is 1. The number of hydrogen-bond acceptors (Lipinski definition) is 5. The lowest BCUT2D eigenvalue weighted by Gasteiger charge is -2.29. The van der Waals surface area contributed by atoms with Gasteiger partial charge in [-0.25, -0.2) is 4.98 Å². The van der Waals surface area contributed by atoms with E-state index in [1.807, 2.05) is 4.90 Å². The van der Waals surface area contributed by atoms with Crippen LogP contribution in [0.2, 0.25) is 0 Å². The van der Waals surface area contributed by atoms with E-state index in [1.54, 1.807) is 6.07 Å². The smallest absolute Gasteiger partial charge is 0.287 e. The van der Waals surface area contributed by atoms with Crippen molar-refractivity contribution in [3.8, 4) is 0 Å². The number of hydrogen-bond donors (Lipinski definition) is 1. The van der Waals surface area contributed by atoms with Crippen LogP contribution in [0.15, 0.2) is 23.4 Å². The molecule has 2 heterocycles. The number of nitro groups is 1. The first kappa shape index (κ1) is 14.7. The number of rotatable bonds is 4. The number of likely N-dealkylation sites (N-methyl/N-ethyl adjacent to an activating group) is 1. The first-order valence-electron chi connectivity index (χ1n) is 6.38. The Labute approximate surface area is 121 Å². The third kappa shape index (κ3) is 3.91. The summed E-state index contributed by atoms with van der Waals surface area (Å²) in [4.78, 5) is 29.3. The molecule has 1 aromatic rings. The minimum Gasteiger partial charge on any atom is -0.334 e. The molecule has 0 bridgehead atoms. The molecule has 0 aromatic carbocycles. The maximum atomic E-state index is 12.0. The number of carbonyl (C=O) groups is 1. The predicted octanol–water partition coefficient (Wildman–Crippen LogP) is -0.561. The number of thioether (sulfide) groups is 1. The van der Waals surface area contributed by atoms with E-state index in [0.717, 1.165) is 26.2 Å². The Hall–Kier alpha value is -1.67. The topological polar surface area (TPSA) is 80.8 Å². The van der Waals surface area contributed by atoms with Crippen LogP contribution in [0, 0.1) is 10.1 Å². The van der Waals surface area contributed by atoms with Gasteiger partial charge in [0.1, 0.15) is 6.20 Å². The first-order valence-corrected chi connectivity index (χ1v) is 7.37. The summed E-state index contributed by atoms with van der Waals surface area (Å²) in [6, 6.07) is 2.98. The van der Waals surface area contributed by atoms with E-state index in [9.17, 15) is 14.9 Å². The van der Waals surface area contributed by atoms with E-state index in [4.69, 9.17) is 0 Å². The SMILES string of the molecule is C[NH+]1CCN(C(=O)CSc2ccc([N+](=O)[O-])cn2)CC1. The van der Waals surface area contributed by atoms with Crippen LogP contribution >= 0.6 is 11.8 Å². The van der Waals surface area contributed by atoms with Crippen molar-refractivity contribution in [1.82, 2.24) is 9.88 Å². The van der Waals surface area contributed by atoms with Gasteiger partial charge in [-0.05, 0) is 6.07 Å². The maximum Gasteiger partial charge on any atom is 0.287 e. The minimum atomic E-state index is -0.487. The lowest BCUT2D eigenvalue weighted by Crippen LogP contribution is -3.12. The summed E-state index contributed by atoms with van der Waals surface area (Å²) in [6.45, 7) is 3.54. The van der Waals surface area contributed by atoms with E-state index in [1.165, 1.54) is 28.9 Å². The highest BCUT2D eigenvalue weighted by Gasteiger charge is 2.21. The highest BCUT2D eigenvalue weighted by molar-refractivity contribution is 7.99. The molecular formula is C12H17N4O3S+. The molecule has 1 aliphatic rings. The number of quaternary nitrogens is 1. The van der Waals surface area contributed by atoms with Gasteiger partial charge in [0.25, 0.3) is 5.69 Å². The Morgan fingerprint density at radius 2 is 2.20 bits per heavy atom. The largest absolute Gasteiger partial charge is 0.334 e. The zero-order valence-corrected chi connectivity index (χ0v) is 12.1. The number of piperazine rings is 1. The number of pyridine rings is 1. The highest BCUT2D eigenvalue weighted by Crippen LogP contribution is 2.18. The van der Waals surface area contributed by atoms with Gasteiger partial charge < -0.3 is 9.80 Å². The summed E-state index contributed by atoms with van der Waals surface area (Å²) in [6.07, 6.45) is 1.21. The molecule has 0 saturated carbocycles. The van der Waals surface area contributed by atoms with Crippen LogP contribution in [0.25, 0.3) is 0 Å². The lowest BCUT2D eigenvalue weighted by atomic mass is 10.3. The van der Waals surface area contributed by atoms with E-state index in [2.05, 4.69) is 12.0 Å². The molecule has 0 unspecified atom stereocenters. The van der Waals surface area contributed by atoms with Gasteiger partial charge in [-0.3, -0.25) is 14.9 Å². The quantitative estimate of drug-likeness (QED) is 0.458. The molecule has 0 atom stereocenters. The van der Waals surface area contributed by atoms with Gasteiger partial charge in [0.15, 0.2) is 0 Å². The van der Waals surface area contributed by atoms with Crippen molar-refractivity contribution in [1.29, 1.82) is 0 Å². The van der Waals surface area contributed by atoms with Crippen LogP contribution in [0.5, 0.6) is 0 Å². The van der Waals surface area contributed by atoms with Gasteiger partial charge in [0.2, 0.25) is 5.91 Å². The molecule has 1 fully saturated rings. The summed E-state index contributed by atoms with van der Waals surface area (Å²) >= 11 is 1.31. The number of aromatic nitrogens is 1. The molecule has 0 radical (unpaired) electrons. The molecular weight excluding hydrogens is 280 g/mol. The Balaban J connectivity index is 1.82. The van der Waals surface area contributed by atoms with Gasteiger partial charge in [-0.2, -0.15) is 0 Å². The fourth-order valence-electron chi connectivity index (χ4n) is 1.93. The van der Waals surface area contributed by atoms with Crippen molar-refractivity contribution >= 4 is 23.4 Å². The van der Waals surface area contributed by atoms with Crippen molar-refractivity contribution in [2.75, 3.05) is 39.0 Å². The Morgan fingerprint density at radius 3 is 2.75 bits per heavy atom. The van der Waals surface area contributed by atoms with E-state index < -0.39 is 4.92 Å². The van der Waals surface area contributed by atoms with Crippen molar-refractivity contribution < 1.29 is 14.6 Å². The minimum absolute atomic E-state index is 0.0391. The number of nitrogens with zero attached hydrogens (tertiary/aromatic N) is 3. The van der Waals surface area contributed by atoms with Crippen molar-refractivity contribution in [2.24, 2.45) is 0 Å². The zero-order chi connectivity index (χ0) is 14.5. The fourth-order valence-corrected chi connectivity index (χ4v) is 2.68. The van der Waals surface area contributed by atoms with E-state index >= 15 is 0 Å². The molecule has 1 aliphatic heterocycles. The second kappa shape index (κ2) is 6.67. The van der Waals surface area contributed by atoms with Crippen LogP contribution in [-0.2, 0) is 4.79 Å². The molecule has 2 rings (SSSR count). The molecule has 0 spiro atoms. The molecule has 1 N–H and O–H groups in total. The third-order valence-corrected chi connectivity index (χ3v) is 4.17. The van der Waals surface area contributed by atoms with Crippen LogP contribution < -0.4 is 4.90 Å². The van der Waals surface area contributed by atoms with Crippen LogP contribution in [-0.4, -0.2) is 59.7 Å². The first-order chi connectivity index (χ1) is 9.56. The summed E-state index contributed by atoms with van der Waals surface area (Å²) in [5.74, 6) is 0.423.